The molecule has 1 fully saturated rings. The number of hydrogen-bond donors (Lipinski definition) is 4. The van der Waals surface area contributed by atoms with E-state index in [9.17, 15) is 29.4 Å². The Bertz CT molecular complexity index is 983. The fourth-order valence-corrected chi connectivity index (χ4v) is 3.06. The summed E-state index contributed by atoms with van der Waals surface area (Å²) in [5.74, 6) is -3.49. The van der Waals surface area contributed by atoms with E-state index in [2.05, 4.69) is 92.2 Å². The van der Waals surface area contributed by atoms with E-state index in [1.807, 2.05) is 13.0 Å². The first kappa shape index (κ1) is 83.0. The van der Waals surface area contributed by atoms with Crippen LogP contribution in [0.5, 0.6) is 0 Å². The fraction of sp³-hybridized carbons (Fsp3) is 0.667. The molecule has 1 saturated heterocycles. The molecule has 59 heavy (non-hydrogen) atoms. The predicted molar refractivity (Wildman–Crippen MR) is 256 cm³/mol. The summed E-state index contributed by atoms with van der Waals surface area (Å²) in [6.07, 6.45) is 15.8. The minimum Gasteiger partial charge on any atom is -0.481 e. The third kappa shape index (κ3) is 96.1. The molecular weight excluding hydrogens is 753 g/mol. The molecule has 0 radical (unpaired) electrons. The maximum atomic E-state index is 11.3. The molecular formula is C48H98O11. The number of carbonyl (C=O) groups excluding carboxylic acids is 2. The van der Waals surface area contributed by atoms with Crippen LogP contribution in [0.25, 0.3) is 0 Å². The summed E-state index contributed by atoms with van der Waals surface area (Å²) in [4.78, 5) is 41.5. The molecule has 4 N–H and O–H groups in total. The molecule has 0 saturated carbocycles. The van der Waals surface area contributed by atoms with Gasteiger partial charge in [-0.15, -0.1) is 26.3 Å². The van der Waals surface area contributed by atoms with E-state index in [1.165, 1.54) is 37.7 Å². The quantitative estimate of drug-likeness (QED) is 0.0396. The first-order valence-electron chi connectivity index (χ1n) is 18.3. The van der Waals surface area contributed by atoms with Gasteiger partial charge in [-0.3, -0.25) is 19.2 Å². The lowest BCUT2D eigenvalue weighted by atomic mass is 10.1. The highest BCUT2D eigenvalue weighted by Gasteiger charge is 2.21. The van der Waals surface area contributed by atoms with Gasteiger partial charge in [0.15, 0.2) is 0 Å². The van der Waals surface area contributed by atoms with Gasteiger partial charge < -0.3 is 34.6 Å². The van der Waals surface area contributed by atoms with Gasteiger partial charge in [-0.05, 0) is 71.6 Å². The van der Waals surface area contributed by atoms with Crippen molar-refractivity contribution < 1.29 is 53.8 Å². The number of aliphatic hydroxyl groups excluding tert-OH is 2. The van der Waals surface area contributed by atoms with Crippen molar-refractivity contribution in [1.82, 2.24) is 0 Å². The standard InChI is InChI=1S/C15H24O6.C6H10O.3C6H12.C3H4O4.6CH4/c1-10(2)5-12(16)8-20-14(18)7-15(19)21-9-13(17)6-11(3)4;1-5(2)3-6-4-7-6;1-4-6(3)5-2;2*1-3-5-6-4-2;4-2(5)1-3(6)7;;;;;;/h12-13,16-17H,1,3,5-9H2,2,4H3;6H,1,3-4H2,2H3;4,6H,1,5H2,2-3H3;2*5-6H,3-4H2,1-2H3;1H2,(H,4,5)(H,6,7);6*1H4/b;;;6-5+;6-5-;;;;;;;. The van der Waals surface area contributed by atoms with Crippen LogP contribution >= 0.6 is 0 Å². The monoisotopic (exact) mass is 851 g/mol. The van der Waals surface area contributed by atoms with Crippen molar-refractivity contribution in [3.63, 3.8) is 0 Å². The van der Waals surface area contributed by atoms with Crippen molar-refractivity contribution in [3.05, 3.63) is 73.4 Å². The smallest absolute Gasteiger partial charge is 0.317 e. The first-order chi connectivity index (χ1) is 24.8. The summed E-state index contributed by atoms with van der Waals surface area (Å²) in [6.45, 7) is 33.6. The zero-order valence-electron chi connectivity index (χ0n) is 34.4. The molecule has 0 aliphatic carbocycles. The third-order valence-corrected chi connectivity index (χ3v) is 5.93. The van der Waals surface area contributed by atoms with Gasteiger partial charge >= 0.3 is 23.9 Å². The number of carboxylic acids is 2. The summed E-state index contributed by atoms with van der Waals surface area (Å²) in [5.41, 5.74) is 2.76. The molecule has 0 spiro atoms. The van der Waals surface area contributed by atoms with Crippen LogP contribution in [0.4, 0.5) is 0 Å². The van der Waals surface area contributed by atoms with Gasteiger partial charge in [-0.1, -0.05) is 140 Å². The minimum atomic E-state index is -1.31. The van der Waals surface area contributed by atoms with Gasteiger partial charge in [0.1, 0.15) is 26.1 Å². The van der Waals surface area contributed by atoms with E-state index in [0.29, 0.717) is 24.9 Å². The van der Waals surface area contributed by atoms with Crippen LogP contribution in [0.2, 0.25) is 0 Å². The Morgan fingerprint density at radius 3 is 1.08 bits per heavy atom. The molecule has 4 unspecified atom stereocenters. The number of carboxylic acid groups (broad SMARTS) is 2. The van der Waals surface area contributed by atoms with Crippen molar-refractivity contribution >= 4 is 23.9 Å². The highest BCUT2D eigenvalue weighted by atomic mass is 16.6. The Balaban J connectivity index is -0.0000000565. The number of rotatable bonds is 20. The number of aliphatic hydroxyl groups is 2. The lowest BCUT2D eigenvalue weighted by Crippen LogP contribution is -2.23. The summed E-state index contributed by atoms with van der Waals surface area (Å²) >= 11 is 0. The molecule has 11 nitrogen and oxygen atoms in total. The summed E-state index contributed by atoms with van der Waals surface area (Å²) < 4.78 is 14.4. The van der Waals surface area contributed by atoms with E-state index in [-0.39, 0.29) is 57.8 Å². The molecule has 0 aromatic carbocycles. The van der Waals surface area contributed by atoms with E-state index in [0.717, 1.165) is 24.2 Å². The zero-order chi connectivity index (χ0) is 42.2. The van der Waals surface area contributed by atoms with E-state index >= 15 is 0 Å². The van der Waals surface area contributed by atoms with Crippen LogP contribution in [0.1, 0.15) is 171 Å². The fourth-order valence-electron chi connectivity index (χ4n) is 3.06. The van der Waals surface area contributed by atoms with E-state index in [4.69, 9.17) is 24.4 Å². The molecule has 0 amide bonds. The van der Waals surface area contributed by atoms with Crippen molar-refractivity contribution in [2.75, 3.05) is 19.8 Å². The number of allylic oxidation sites excluding steroid dienone is 5. The van der Waals surface area contributed by atoms with Crippen molar-refractivity contribution in [3.8, 4) is 0 Å². The second-order valence-electron chi connectivity index (χ2n) is 12.5. The Kier molecular flexibility index (Phi) is 85.6. The molecule has 1 aliphatic heterocycles. The van der Waals surface area contributed by atoms with Crippen LogP contribution in [-0.4, -0.2) is 82.4 Å². The number of aliphatic carboxylic acids is 2. The van der Waals surface area contributed by atoms with Crippen LogP contribution < -0.4 is 0 Å². The topological polar surface area (TPSA) is 180 Å². The zero-order valence-corrected chi connectivity index (χ0v) is 34.4. The largest absolute Gasteiger partial charge is 0.481 e. The third-order valence-electron chi connectivity index (χ3n) is 5.93. The first-order valence-corrected chi connectivity index (χ1v) is 18.3. The SMILES string of the molecule is C.C.C.C.C.C.C=C(C)CC(O)COC(=O)CC(=O)OCC(O)CC(=C)C.C=C(C)CC1CO1.C=CC(C)CC.CC/C=C/CC.CC/C=C\CC.O=C(O)CC(=O)O. The van der Waals surface area contributed by atoms with Gasteiger partial charge in [0.05, 0.1) is 24.9 Å². The lowest BCUT2D eigenvalue weighted by molar-refractivity contribution is -0.158. The van der Waals surface area contributed by atoms with E-state index in [1.54, 1.807) is 13.8 Å². The summed E-state index contributed by atoms with van der Waals surface area (Å²) in [5, 5.41) is 34.3. The number of esters is 2. The second kappa shape index (κ2) is 60.9. The molecule has 1 aliphatic rings. The average molecular weight is 851 g/mol. The molecule has 1 heterocycles. The molecule has 0 aromatic heterocycles. The van der Waals surface area contributed by atoms with Crippen LogP contribution in [0.15, 0.2) is 73.4 Å². The highest BCUT2D eigenvalue weighted by Crippen LogP contribution is 2.16. The second-order valence-corrected chi connectivity index (χ2v) is 12.5. The molecule has 4 atom stereocenters. The Morgan fingerprint density at radius 2 is 0.949 bits per heavy atom. The number of carbonyl (C=O) groups is 4. The van der Waals surface area contributed by atoms with Crippen molar-refractivity contribution in [2.45, 2.75) is 189 Å². The Hall–Kier alpha value is -3.80. The normalized spacial score (nSPS) is 12.4. The average Bonchev–Trinajstić information content (AvgIpc) is 3.87. The Morgan fingerprint density at radius 1 is 0.644 bits per heavy atom. The van der Waals surface area contributed by atoms with Gasteiger partial charge in [0.25, 0.3) is 0 Å². The predicted octanol–water partition coefficient (Wildman–Crippen LogP) is 12.8. The van der Waals surface area contributed by atoms with Gasteiger partial charge in [-0.25, -0.2) is 0 Å². The minimum absolute atomic E-state index is 0. The van der Waals surface area contributed by atoms with Crippen molar-refractivity contribution in [1.29, 1.82) is 0 Å². The lowest BCUT2D eigenvalue weighted by Gasteiger charge is -2.12. The van der Waals surface area contributed by atoms with Crippen molar-refractivity contribution in [2.24, 2.45) is 5.92 Å². The van der Waals surface area contributed by atoms with E-state index < -0.39 is 48.9 Å². The number of ether oxygens (including phenoxy) is 3. The maximum absolute atomic E-state index is 11.3. The molecule has 1 rings (SSSR count). The van der Waals surface area contributed by atoms with Crippen LogP contribution in [0, 0.1) is 5.92 Å². The summed E-state index contributed by atoms with van der Waals surface area (Å²) in [7, 11) is 0. The van der Waals surface area contributed by atoms with Gasteiger partial charge in [0.2, 0.25) is 0 Å². The highest BCUT2D eigenvalue weighted by molar-refractivity contribution is 5.91. The molecule has 0 bridgehead atoms. The van der Waals surface area contributed by atoms with Gasteiger partial charge in [-0.2, -0.15) is 0 Å². The maximum Gasteiger partial charge on any atom is 0.317 e. The molecule has 356 valence electrons. The summed E-state index contributed by atoms with van der Waals surface area (Å²) in [6, 6.07) is 0. The number of hydrogen-bond acceptors (Lipinski definition) is 9. The van der Waals surface area contributed by atoms with Crippen LogP contribution in [0.3, 0.4) is 0 Å². The Labute approximate surface area is 365 Å². The van der Waals surface area contributed by atoms with Crippen LogP contribution in [-0.2, 0) is 33.4 Å². The number of epoxide rings is 1. The van der Waals surface area contributed by atoms with Gasteiger partial charge in [0, 0.05) is 0 Å². The molecule has 0 aromatic rings. The molecule has 11 heteroatoms.